The molecule has 0 unspecified atom stereocenters. The second-order valence-electron chi connectivity index (χ2n) is 3.64. The first kappa shape index (κ1) is 11.4. The Morgan fingerprint density at radius 3 is 2.53 bits per heavy atom. The maximum absolute atomic E-state index is 10.7. The van der Waals surface area contributed by atoms with Crippen molar-refractivity contribution in [1.82, 2.24) is 9.97 Å². The van der Waals surface area contributed by atoms with E-state index in [0.29, 0.717) is 18.3 Å². The number of rotatable bonds is 5. The van der Waals surface area contributed by atoms with E-state index in [0.717, 1.165) is 6.42 Å². The smallest absolute Gasteiger partial charge is 0.286 e. The molecule has 82 valence electrons. The molecule has 2 N–H and O–H groups in total. The summed E-state index contributed by atoms with van der Waals surface area (Å²) in [7, 11) is 0. The number of nitrogens with two attached hydrogens (primary N) is 1. The van der Waals surface area contributed by atoms with Crippen molar-refractivity contribution in [3.63, 3.8) is 0 Å². The van der Waals surface area contributed by atoms with Crippen LogP contribution in [0.4, 0.5) is 0 Å². The third-order valence-corrected chi connectivity index (χ3v) is 1.81. The van der Waals surface area contributed by atoms with E-state index in [1.54, 1.807) is 0 Å². The fourth-order valence-electron chi connectivity index (χ4n) is 0.930. The molecule has 5 nitrogen and oxygen atoms in total. The molecule has 1 aromatic rings. The molecule has 5 heteroatoms. The Labute approximate surface area is 88.7 Å². The molecule has 0 bridgehead atoms. The fourth-order valence-corrected chi connectivity index (χ4v) is 0.930. The minimum Gasteiger partial charge on any atom is -0.490 e. The Morgan fingerprint density at radius 1 is 1.47 bits per heavy atom. The van der Waals surface area contributed by atoms with E-state index in [-0.39, 0.29) is 5.82 Å². The van der Waals surface area contributed by atoms with Crippen molar-refractivity contribution in [2.75, 3.05) is 6.61 Å². The predicted molar refractivity (Wildman–Crippen MR) is 55.5 cm³/mol. The monoisotopic (exact) mass is 209 g/mol. The number of amides is 1. The standard InChI is InChI=1S/C10H15N3O2/c1-7(2)3-4-15-8-5-12-10(9(11)14)13-6-8/h5-7H,3-4H2,1-2H3,(H2,11,14). The molecule has 0 aliphatic rings. The zero-order valence-corrected chi connectivity index (χ0v) is 8.93. The highest BCUT2D eigenvalue weighted by molar-refractivity contribution is 5.88. The normalized spacial score (nSPS) is 10.3. The van der Waals surface area contributed by atoms with Crippen molar-refractivity contribution in [3.8, 4) is 5.75 Å². The third kappa shape index (κ3) is 3.93. The Balaban J connectivity index is 2.46. The molecule has 1 rings (SSSR count). The molecule has 0 aliphatic carbocycles. The van der Waals surface area contributed by atoms with Gasteiger partial charge in [-0.05, 0) is 12.3 Å². The van der Waals surface area contributed by atoms with Gasteiger partial charge in [0.2, 0.25) is 5.82 Å². The topological polar surface area (TPSA) is 78.1 Å². The van der Waals surface area contributed by atoms with Crippen molar-refractivity contribution in [2.45, 2.75) is 20.3 Å². The summed E-state index contributed by atoms with van der Waals surface area (Å²) in [6, 6.07) is 0. The van der Waals surface area contributed by atoms with Crippen molar-refractivity contribution < 1.29 is 9.53 Å². The van der Waals surface area contributed by atoms with Crippen LogP contribution < -0.4 is 10.5 Å². The molecule has 0 aliphatic heterocycles. The number of carbonyl (C=O) groups excluding carboxylic acids is 1. The molecule has 15 heavy (non-hydrogen) atoms. The molecule has 0 spiro atoms. The number of primary amides is 1. The number of hydrogen-bond donors (Lipinski definition) is 1. The Kier molecular flexibility index (Phi) is 4.03. The van der Waals surface area contributed by atoms with Gasteiger partial charge in [0, 0.05) is 0 Å². The van der Waals surface area contributed by atoms with Gasteiger partial charge < -0.3 is 10.5 Å². The first-order chi connectivity index (χ1) is 7.09. The van der Waals surface area contributed by atoms with Crippen LogP contribution in [0.1, 0.15) is 30.9 Å². The minimum atomic E-state index is -0.635. The second kappa shape index (κ2) is 5.29. The van der Waals surface area contributed by atoms with Crippen molar-refractivity contribution in [2.24, 2.45) is 11.7 Å². The summed E-state index contributed by atoms with van der Waals surface area (Å²) < 4.78 is 5.37. The molecule has 1 aromatic heterocycles. The molecule has 0 fully saturated rings. The number of ether oxygens (including phenoxy) is 1. The van der Waals surface area contributed by atoms with Crippen LogP contribution in [-0.2, 0) is 0 Å². The second-order valence-corrected chi connectivity index (χ2v) is 3.64. The van der Waals surface area contributed by atoms with E-state index < -0.39 is 5.91 Å². The summed E-state index contributed by atoms with van der Waals surface area (Å²) in [6.07, 6.45) is 3.87. The van der Waals surface area contributed by atoms with Gasteiger partial charge in [-0.25, -0.2) is 9.97 Å². The van der Waals surface area contributed by atoms with Gasteiger partial charge in [-0.3, -0.25) is 4.79 Å². The van der Waals surface area contributed by atoms with Gasteiger partial charge in [0.1, 0.15) is 0 Å². The number of aromatic nitrogens is 2. The Hall–Kier alpha value is -1.65. The highest BCUT2D eigenvalue weighted by atomic mass is 16.5. The van der Waals surface area contributed by atoms with E-state index in [9.17, 15) is 4.79 Å². The van der Waals surface area contributed by atoms with E-state index in [4.69, 9.17) is 10.5 Å². The van der Waals surface area contributed by atoms with Crippen LogP contribution in [-0.4, -0.2) is 22.5 Å². The summed E-state index contributed by atoms with van der Waals surface area (Å²) in [5.74, 6) is 0.520. The minimum absolute atomic E-state index is 0.00575. The van der Waals surface area contributed by atoms with Crippen LogP contribution in [0.5, 0.6) is 5.75 Å². The van der Waals surface area contributed by atoms with Crippen LogP contribution >= 0.6 is 0 Å². The number of carbonyl (C=O) groups is 1. The van der Waals surface area contributed by atoms with Gasteiger partial charge in [0.15, 0.2) is 5.75 Å². The lowest BCUT2D eigenvalue weighted by atomic mass is 10.1. The summed E-state index contributed by atoms with van der Waals surface area (Å²) in [6.45, 7) is 4.86. The third-order valence-electron chi connectivity index (χ3n) is 1.81. The predicted octanol–water partition coefficient (Wildman–Crippen LogP) is 1.00. The summed E-state index contributed by atoms with van der Waals surface area (Å²) in [5, 5.41) is 0. The van der Waals surface area contributed by atoms with Crippen LogP contribution in [0.2, 0.25) is 0 Å². The Morgan fingerprint density at radius 2 is 2.07 bits per heavy atom. The molecule has 0 atom stereocenters. The van der Waals surface area contributed by atoms with Crippen LogP contribution in [0.25, 0.3) is 0 Å². The quantitative estimate of drug-likeness (QED) is 0.784. The number of hydrogen-bond acceptors (Lipinski definition) is 4. The van der Waals surface area contributed by atoms with Crippen molar-refractivity contribution in [3.05, 3.63) is 18.2 Å². The molecule has 1 heterocycles. The maximum Gasteiger partial charge on any atom is 0.286 e. The fraction of sp³-hybridized carbons (Fsp3) is 0.500. The average molecular weight is 209 g/mol. The maximum atomic E-state index is 10.7. The zero-order chi connectivity index (χ0) is 11.3. The highest BCUT2D eigenvalue weighted by Gasteiger charge is 2.03. The van der Waals surface area contributed by atoms with Gasteiger partial charge >= 0.3 is 0 Å². The molecule has 0 saturated heterocycles. The van der Waals surface area contributed by atoms with Crippen molar-refractivity contribution in [1.29, 1.82) is 0 Å². The van der Waals surface area contributed by atoms with Gasteiger partial charge in [-0.1, -0.05) is 13.8 Å². The lowest BCUT2D eigenvalue weighted by Gasteiger charge is -2.06. The molecular formula is C10H15N3O2. The first-order valence-corrected chi connectivity index (χ1v) is 4.84. The number of nitrogens with zero attached hydrogens (tertiary/aromatic N) is 2. The van der Waals surface area contributed by atoms with E-state index >= 15 is 0 Å². The van der Waals surface area contributed by atoms with Gasteiger partial charge in [-0.2, -0.15) is 0 Å². The summed E-state index contributed by atoms with van der Waals surface area (Å²) in [5.41, 5.74) is 5.00. The first-order valence-electron chi connectivity index (χ1n) is 4.84. The SMILES string of the molecule is CC(C)CCOc1cnc(C(N)=O)nc1. The van der Waals surface area contributed by atoms with E-state index in [1.165, 1.54) is 12.4 Å². The highest BCUT2D eigenvalue weighted by Crippen LogP contribution is 2.08. The molecular weight excluding hydrogens is 194 g/mol. The lowest BCUT2D eigenvalue weighted by Crippen LogP contribution is -2.15. The van der Waals surface area contributed by atoms with Crippen LogP contribution in [0.15, 0.2) is 12.4 Å². The van der Waals surface area contributed by atoms with Gasteiger partial charge in [0.25, 0.3) is 5.91 Å². The molecule has 0 saturated carbocycles. The van der Waals surface area contributed by atoms with E-state index in [2.05, 4.69) is 23.8 Å². The molecule has 0 radical (unpaired) electrons. The van der Waals surface area contributed by atoms with Crippen LogP contribution in [0, 0.1) is 5.92 Å². The molecule has 1 amide bonds. The molecule has 0 aromatic carbocycles. The van der Waals surface area contributed by atoms with E-state index in [1.807, 2.05) is 0 Å². The Bertz CT molecular complexity index is 322. The van der Waals surface area contributed by atoms with Gasteiger partial charge in [0.05, 0.1) is 19.0 Å². The van der Waals surface area contributed by atoms with Gasteiger partial charge in [-0.15, -0.1) is 0 Å². The summed E-state index contributed by atoms with van der Waals surface area (Å²) >= 11 is 0. The lowest BCUT2D eigenvalue weighted by molar-refractivity contribution is 0.0990. The largest absolute Gasteiger partial charge is 0.490 e. The van der Waals surface area contributed by atoms with Crippen LogP contribution in [0.3, 0.4) is 0 Å². The zero-order valence-electron chi connectivity index (χ0n) is 8.93. The average Bonchev–Trinajstić information content (AvgIpc) is 2.18. The summed E-state index contributed by atoms with van der Waals surface area (Å²) in [4.78, 5) is 18.2. The van der Waals surface area contributed by atoms with Crippen molar-refractivity contribution >= 4 is 5.91 Å².